The zero-order valence-electron chi connectivity index (χ0n) is 13.8. The highest BCUT2D eigenvalue weighted by molar-refractivity contribution is 8.13. The van der Waals surface area contributed by atoms with Gasteiger partial charge in [-0.3, -0.25) is 0 Å². The summed E-state index contributed by atoms with van der Waals surface area (Å²) in [4.78, 5) is 1.15. The second kappa shape index (κ2) is 8.60. The molecule has 0 aliphatic heterocycles. The Hall–Kier alpha value is -2.44. The van der Waals surface area contributed by atoms with Crippen LogP contribution in [0.25, 0.3) is 10.4 Å². The lowest BCUT2D eigenvalue weighted by atomic mass is 10.1. The van der Waals surface area contributed by atoms with Crippen LogP contribution in [0, 0.1) is 6.92 Å². The van der Waals surface area contributed by atoms with E-state index >= 15 is 0 Å². The molecule has 0 amide bonds. The second-order valence-corrected chi connectivity index (χ2v) is 7.22. The molecule has 0 bridgehead atoms. The van der Waals surface area contributed by atoms with Crippen molar-refractivity contribution in [3.63, 3.8) is 0 Å². The third kappa shape index (κ3) is 5.27. The van der Waals surface area contributed by atoms with Crippen LogP contribution in [-0.2, 0) is 5.75 Å². The Morgan fingerprint density at radius 3 is 2.76 bits per heavy atom. The molecule has 0 unspecified atom stereocenters. The second-order valence-electron chi connectivity index (χ2n) is 5.42. The Kier molecular flexibility index (Phi) is 5.98. The first-order valence-electron chi connectivity index (χ1n) is 7.78. The number of nitrogens with zero attached hydrogens (tertiary/aromatic N) is 3. The molecule has 25 heavy (non-hydrogen) atoms. The van der Waals surface area contributed by atoms with E-state index in [0.29, 0.717) is 5.17 Å². The molecule has 0 saturated heterocycles. The topological polar surface area (TPSA) is 63.6 Å². The van der Waals surface area contributed by atoms with Crippen molar-refractivity contribution in [1.29, 1.82) is 0 Å². The lowest BCUT2D eigenvalue weighted by molar-refractivity contribution is 1.25. The summed E-state index contributed by atoms with van der Waals surface area (Å²) in [5, 5.41) is 8.61. The molecule has 0 spiro atoms. The van der Waals surface area contributed by atoms with Crippen LogP contribution in [-0.4, -0.2) is 15.8 Å². The monoisotopic (exact) mass is 366 g/mol. The maximum Gasteiger partial charge on any atom is 0.180 e. The van der Waals surface area contributed by atoms with Crippen molar-refractivity contribution in [3.05, 3.63) is 77.5 Å². The molecule has 6 heteroatoms. The Morgan fingerprint density at radius 2 is 2.00 bits per heavy atom. The Balaban J connectivity index is 1.61. The Labute approximate surface area is 155 Å². The van der Waals surface area contributed by atoms with Gasteiger partial charge in [-0.2, -0.15) is 9.47 Å². The average molecular weight is 367 g/mol. The maximum absolute atomic E-state index is 5.90. The number of hydrogen-bond donors (Lipinski definition) is 1. The third-order valence-corrected chi connectivity index (χ3v) is 5.18. The number of hydrogen-bond acceptors (Lipinski definition) is 5. The van der Waals surface area contributed by atoms with Gasteiger partial charge in [0, 0.05) is 5.75 Å². The van der Waals surface area contributed by atoms with E-state index in [1.165, 1.54) is 28.9 Å². The molecule has 0 atom stereocenters. The smallest absolute Gasteiger partial charge is 0.180 e. The largest absolute Gasteiger partial charge is 0.377 e. The third-order valence-electron chi connectivity index (χ3n) is 3.39. The fourth-order valence-electron chi connectivity index (χ4n) is 2.18. The zero-order valence-corrected chi connectivity index (χ0v) is 15.4. The van der Waals surface area contributed by atoms with Gasteiger partial charge in [0.2, 0.25) is 0 Å². The molecule has 3 aromatic rings. The normalized spacial score (nSPS) is 12.0. The van der Waals surface area contributed by atoms with Gasteiger partial charge in [0.05, 0.1) is 16.8 Å². The van der Waals surface area contributed by atoms with Crippen LogP contribution in [0.15, 0.2) is 70.9 Å². The van der Waals surface area contributed by atoms with Gasteiger partial charge >= 0.3 is 0 Å². The molecule has 0 radical (unpaired) electrons. The van der Waals surface area contributed by atoms with E-state index in [4.69, 9.17) is 5.73 Å². The van der Waals surface area contributed by atoms with Crippen molar-refractivity contribution in [2.45, 2.75) is 12.7 Å². The SMILES string of the molecule is Cc1cc(-c2cccc(C=NN=C(N)SCc3ccccc3)c2)sn1. The van der Waals surface area contributed by atoms with Gasteiger partial charge in [0.15, 0.2) is 5.17 Å². The van der Waals surface area contributed by atoms with Gasteiger partial charge in [-0.1, -0.05) is 60.3 Å². The Bertz CT molecular complexity index is 885. The molecule has 126 valence electrons. The van der Waals surface area contributed by atoms with Crippen LogP contribution in [0.4, 0.5) is 0 Å². The lowest BCUT2D eigenvalue weighted by Gasteiger charge is -1.99. The first kappa shape index (κ1) is 17.4. The van der Waals surface area contributed by atoms with Crippen molar-refractivity contribution in [1.82, 2.24) is 4.37 Å². The van der Waals surface area contributed by atoms with E-state index in [1.54, 1.807) is 6.21 Å². The number of nitrogens with two attached hydrogens (primary N) is 1. The minimum atomic E-state index is 0.453. The molecular formula is C19H18N4S2. The number of thioether (sulfide) groups is 1. The number of rotatable bonds is 5. The molecule has 0 saturated carbocycles. The van der Waals surface area contributed by atoms with Crippen LogP contribution in [0.5, 0.6) is 0 Å². The highest BCUT2D eigenvalue weighted by atomic mass is 32.2. The highest BCUT2D eigenvalue weighted by Crippen LogP contribution is 2.24. The minimum Gasteiger partial charge on any atom is -0.377 e. The van der Waals surface area contributed by atoms with E-state index in [0.717, 1.165) is 27.5 Å². The van der Waals surface area contributed by atoms with E-state index in [1.807, 2.05) is 37.3 Å². The van der Waals surface area contributed by atoms with E-state index < -0.39 is 0 Å². The van der Waals surface area contributed by atoms with E-state index in [9.17, 15) is 0 Å². The number of amidine groups is 1. The van der Waals surface area contributed by atoms with Crippen LogP contribution in [0.2, 0.25) is 0 Å². The van der Waals surface area contributed by atoms with Gasteiger partial charge in [0.25, 0.3) is 0 Å². The van der Waals surface area contributed by atoms with Crippen LogP contribution < -0.4 is 5.73 Å². The lowest BCUT2D eigenvalue weighted by Crippen LogP contribution is -2.05. The van der Waals surface area contributed by atoms with Crippen LogP contribution in [0.3, 0.4) is 0 Å². The van der Waals surface area contributed by atoms with Gasteiger partial charge in [-0.05, 0) is 47.3 Å². The summed E-state index contributed by atoms with van der Waals surface area (Å²) in [5.74, 6) is 0.784. The summed E-state index contributed by atoms with van der Waals surface area (Å²) in [7, 11) is 0. The van der Waals surface area contributed by atoms with Gasteiger partial charge < -0.3 is 5.73 Å². The molecular weight excluding hydrogens is 348 g/mol. The molecule has 4 nitrogen and oxygen atoms in total. The highest BCUT2D eigenvalue weighted by Gasteiger charge is 2.02. The molecule has 2 N–H and O–H groups in total. The summed E-state index contributed by atoms with van der Waals surface area (Å²) in [6, 6.07) is 20.4. The predicted molar refractivity (Wildman–Crippen MR) is 109 cm³/mol. The van der Waals surface area contributed by atoms with Crippen molar-refractivity contribution < 1.29 is 0 Å². The van der Waals surface area contributed by atoms with Crippen molar-refractivity contribution in [2.75, 3.05) is 0 Å². The van der Waals surface area contributed by atoms with E-state index in [2.05, 4.69) is 44.9 Å². The van der Waals surface area contributed by atoms with E-state index in [-0.39, 0.29) is 0 Å². The van der Waals surface area contributed by atoms with Crippen molar-refractivity contribution in [2.24, 2.45) is 15.9 Å². The molecule has 3 rings (SSSR count). The summed E-state index contributed by atoms with van der Waals surface area (Å²) in [6.07, 6.45) is 1.72. The number of aromatic nitrogens is 1. The fraction of sp³-hybridized carbons (Fsp3) is 0.105. The predicted octanol–water partition coefficient (Wildman–Crippen LogP) is 4.70. The van der Waals surface area contributed by atoms with Gasteiger partial charge in [-0.15, -0.1) is 5.10 Å². The average Bonchev–Trinajstić information content (AvgIpc) is 3.08. The fourth-order valence-corrected chi connectivity index (χ4v) is 3.55. The van der Waals surface area contributed by atoms with Crippen LogP contribution >= 0.6 is 23.3 Å². The summed E-state index contributed by atoms with van der Waals surface area (Å²) < 4.78 is 4.32. The summed E-state index contributed by atoms with van der Waals surface area (Å²) >= 11 is 2.97. The van der Waals surface area contributed by atoms with Gasteiger partial charge in [0.1, 0.15) is 0 Å². The van der Waals surface area contributed by atoms with Crippen molar-refractivity contribution >= 4 is 34.7 Å². The summed E-state index contributed by atoms with van der Waals surface area (Å²) in [6.45, 7) is 2.00. The first-order chi connectivity index (χ1) is 12.2. The van der Waals surface area contributed by atoms with Gasteiger partial charge in [-0.25, -0.2) is 0 Å². The standard InChI is InChI=1S/C19H18N4S2/c1-14-10-18(25-23-14)17-9-5-8-16(11-17)12-21-22-19(20)24-13-15-6-3-2-4-7-15/h2-12H,13H2,1H3,(H2,20,22). The molecule has 0 aliphatic rings. The molecule has 2 aromatic carbocycles. The molecule has 0 fully saturated rings. The number of benzene rings is 2. The minimum absolute atomic E-state index is 0.453. The quantitative estimate of drug-likeness (QED) is 0.404. The number of aryl methyl sites for hydroxylation is 1. The molecule has 0 aliphatic carbocycles. The Morgan fingerprint density at radius 1 is 1.16 bits per heavy atom. The maximum atomic E-state index is 5.90. The van der Waals surface area contributed by atoms with Crippen molar-refractivity contribution in [3.8, 4) is 10.4 Å². The first-order valence-corrected chi connectivity index (χ1v) is 9.53. The molecule has 1 aromatic heterocycles. The van der Waals surface area contributed by atoms with Crippen LogP contribution in [0.1, 0.15) is 16.8 Å². The molecule has 1 heterocycles. The zero-order chi connectivity index (χ0) is 17.5. The summed E-state index contributed by atoms with van der Waals surface area (Å²) in [5.41, 5.74) is 10.3.